The molecule has 0 radical (unpaired) electrons. The Hall–Kier alpha value is -8.40. The van der Waals surface area contributed by atoms with Gasteiger partial charge < -0.3 is 13.7 Å². The normalized spacial score (nSPS) is 11.5. The maximum Gasteiger partial charge on any atom is 0.144 e. The summed E-state index contributed by atoms with van der Waals surface area (Å²) in [6.45, 7) is 0. The van der Waals surface area contributed by atoms with Gasteiger partial charge in [0.15, 0.2) is 0 Å². The first-order valence-corrected chi connectivity index (χ1v) is 21.4. The van der Waals surface area contributed by atoms with Gasteiger partial charge in [-0.2, -0.15) is 0 Å². The molecule has 0 N–H and O–H groups in total. The van der Waals surface area contributed by atoms with Crippen LogP contribution in [-0.4, -0.2) is 0 Å². The van der Waals surface area contributed by atoms with Crippen molar-refractivity contribution in [3.63, 3.8) is 0 Å². The number of hydrogen-bond donors (Lipinski definition) is 0. The van der Waals surface area contributed by atoms with Crippen LogP contribution in [0.2, 0.25) is 0 Å². The second-order valence-electron chi connectivity index (χ2n) is 16.0. The second kappa shape index (κ2) is 15.3. The second-order valence-corrected chi connectivity index (χ2v) is 16.0. The van der Waals surface area contributed by atoms with Crippen LogP contribution < -0.4 is 4.90 Å². The molecule has 0 bridgehead atoms. The number of hydrogen-bond acceptors (Lipinski definition) is 3. The zero-order valence-electron chi connectivity index (χ0n) is 34.3. The molecule has 0 aliphatic carbocycles. The topological polar surface area (TPSA) is 29.5 Å². The first kappa shape index (κ1) is 36.5. The minimum atomic E-state index is 0.836. The summed E-state index contributed by atoms with van der Waals surface area (Å²) in [5, 5.41) is 4.21. The fourth-order valence-corrected chi connectivity index (χ4v) is 9.27. The van der Waals surface area contributed by atoms with Crippen molar-refractivity contribution in [2.24, 2.45) is 0 Å². The molecule has 0 spiro atoms. The predicted molar refractivity (Wildman–Crippen MR) is 263 cm³/mol. The molecule has 0 atom stereocenters. The summed E-state index contributed by atoms with van der Waals surface area (Å²) in [7, 11) is 0. The van der Waals surface area contributed by atoms with Gasteiger partial charge in [-0.05, 0) is 111 Å². The van der Waals surface area contributed by atoms with Gasteiger partial charge in [0.25, 0.3) is 0 Å². The van der Waals surface area contributed by atoms with Gasteiger partial charge in [-0.3, -0.25) is 0 Å². The minimum Gasteiger partial charge on any atom is -0.456 e. The summed E-state index contributed by atoms with van der Waals surface area (Å²) in [6.07, 6.45) is 0. The van der Waals surface area contributed by atoms with Crippen molar-refractivity contribution in [3.05, 3.63) is 237 Å². The highest BCUT2D eigenvalue weighted by molar-refractivity contribution is 6.25. The lowest BCUT2D eigenvalue weighted by atomic mass is 9.93. The molecule has 10 aromatic carbocycles. The monoisotopic (exact) mass is 805 g/mol. The third kappa shape index (κ3) is 6.46. The Morgan fingerprint density at radius 3 is 1.33 bits per heavy atom. The van der Waals surface area contributed by atoms with Gasteiger partial charge >= 0.3 is 0 Å². The van der Waals surface area contributed by atoms with Crippen LogP contribution in [0.15, 0.2) is 245 Å². The third-order valence-electron chi connectivity index (χ3n) is 12.3. The number of para-hydroxylation sites is 1. The van der Waals surface area contributed by atoms with Crippen molar-refractivity contribution in [2.75, 3.05) is 4.90 Å². The fourth-order valence-electron chi connectivity index (χ4n) is 9.27. The number of benzene rings is 10. The molecular formula is C60H39NO2. The summed E-state index contributed by atoms with van der Waals surface area (Å²) >= 11 is 0. The van der Waals surface area contributed by atoms with Crippen molar-refractivity contribution in [3.8, 4) is 55.6 Å². The van der Waals surface area contributed by atoms with Gasteiger partial charge in [0.1, 0.15) is 22.3 Å². The standard InChI is InChI=1S/C60H39NO2/c1-4-14-40(15-5-1)43-26-32-48(33-27-43)61(49-34-28-44(29-35-49)41-16-6-2-7-17-41)50-36-30-45(31-37-50)51-23-13-25-55-58(51)53-39-56-59(52-22-10-11-24-54(52)62-56)57(60(53)63-55)47-21-12-20-46(38-47)42-18-8-3-9-19-42/h1-39H. The van der Waals surface area contributed by atoms with E-state index in [9.17, 15) is 0 Å². The van der Waals surface area contributed by atoms with E-state index in [1.54, 1.807) is 0 Å². The van der Waals surface area contributed by atoms with Gasteiger partial charge in [0.2, 0.25) is 0 Å². The molecule has 0 saturated heterocycles. The lowest BCUT2D eigenvalue weighted by Crippen LogP contribution is -2.09. The average Bonchev–Trinajstić information content (AvgIpc) is 3.93. The summed E-state index contributed by atoms with van der Waals surface area (Å²) in [6, 6.07) is 83.8. The van der Waals surface area contributed by atoms with E-state index in [1.165, 1.54) is 27.8 Å². The van der Waals surface area contributed by atoms with E-state index < -0.39 is 0 Å². The van der Waals surface area contributed by atoms with Gasteiger partial charge in [0.05, 0.1) is 0 Å². The van der Waals surface area contributed by atoms with Crippen LogP contribution in [0.4, 0.5) is 17.1 Å². The Bertz CT molecular complexity index is 3490. The Morgan fingerprint density at radius 1 is 0.270 bits per heavy atom. The van der Waals surface area contributed by atoms with E-state index >= 15 is 0 Å². The molecule has 0 unspecified atom stereocenters. The highest BCUT2D eigenvalue weighted by atomic mass is 16.3. The van der Waals surface area contributed by atoms with Gasteiger partial charge in [-0.1, -0.05) is 176 Å². The van der Waals surface area contributed by atoms with Gasteiger partial charge in [-0.15, -0.1) is 0 Å². The van der Waals surface area contributed by atoms with Gasteiger partial charge in [0, 0.05) is 44.2 Å². The minimum absolute atomic E-state index is 0.836. The first-order chi connectivity index (χ1) is 31.2. The lowest BCUT2D eigenvalue weighted by molar-refractivity contribution is 0.664. The SMILES string of the molecule is c1ccc(-c2ccc(N(c3ccc(-c4ccccc4)cc3)c3ccc(-c4cccc5oc6c(-c7cccc(-c8ccccc8)c7)c7c(cc6c45)oc4ccccc47)cc3)cc2)cc1. The average molecular weight is 806 g/mol. The van der Waals surface area contributed by atoms with Crippen molar-refractivity contribution in [2.45, 2.75) is 0 Å². The van der Waals surface area contributed by atoms with Crippen molar-refractivity contribution in [1.82, 2.24) is 0 Å². The molecule has 63 heavy (non-hydrogen) atoms. The van der Waals surface area contributed by atoms with Crippen LogP contribution in [0.1, 0.15) is 0 Å². The number of nitrogens with zero attached hydrogens (tertiary/aromatic N) is 1. The quantitative estimate of drug-likeness (QED) is 0.153. The molecule has 2 aromatic heterocycles. The van der Waals surface area contributed by atoms with Crippen LogP contribution in [0.5, 0.6) is 0 Å². The zero-order chi connectivity index (χ0) is 41.7. The molecule has 296 valence electrons. The molecule has 3 heteroatoms. The summed E-state index contributed by atoms with van der Waals surface area (Å²) < 4.78 is 13.6. The van der Waals surface area contributed by atoms with Crippen LogP contribution in [0.3, 0.4) is 0 Å². The molecule has 2 heterocycles. The van der Waals surface area contributed by atoms with E-state index in [2.05, 4.69) is 229 Å². The molecular weight excluding hydrogens is 767 g/mol. The van der Waals surface area contributed by atoms with Crippen LogP contribution >= 0.6 is 0 Å². The molecule has 3 nitrogen and oxygen atoms in total. The van der Waals surface area contributed by atoms with E-state index in [1.807, 2.05) is 12.1 Å². The molecule has 0 aliphatic rings. The smallest absolute Gasteiger partial charge is 0.144 e. The molecule has 0 amide bonds. The maximum atomic E-state index is 6.98. The summed E-state index contributed by atoms with van der Waals surface area (Å²) in [4.78, 5) is 2.33. The van der Waals surface area contributed by atoms with Crippen molar-refractivity contribution < 1.29 is 8.83 Å². The Labute approximate surface area is 365 Å². The van der Waals surface area contributed by atoms with Crippen LogP contribution in [0.25, 0.3) is 99.5 Å². The first-order valence-electron chi connectivity index (χ1n) is 21.4. The largest absolute Gasteiger partial charge is 0.456 e. The predicted octanol–water partition coefficient (Wildman–Crippen LogP) is 17.3. The summed E-state index contributed by atoms with van der Waals surface area (Å²) in [5.74, 6) is 0. The Kier molecular flexibility index (Phi) is 8.83. The number of fused-ring (bicyclic) bond motifs is 6. The highest BCUT2D eigenvalue weighted by Gasteiger charge is 2.23. The zero-order valence-corrected chi connectivity index (χ0v) is 34.3. The van der Waals surface area contributed by atoms with Crippen LogP contribution in [-0.2, 0) is 0 Å². The molecule has 0 fully saturated rings. The third-order valence-corrected chi connectivity index (χ3v) is 12.3. The van der Waals surface area contributed by atoms with E-state index in [0.717, 1.165) is 88.8 Å². The van der Waals surface area contributed by atoms with Crippen LogP contribution in [0, 0.1) is 0 Å². The summed E-state index contributed by atoms with van der Waals surface area (Å²) in [5.41, 5.74) is 18.0. The van der Waals surface area contributed by atoms with E-state index in [0.29, 0.717) is 0 Å². The van der Waals surface area contributed by atoms with E-state index in [-0.39, 0.29) is 0 Å². The Balaban J connectivity index is 0.994. The molecule has 12 rings (SSSR count). The number of anilines is 3. The highest BCUT2D eigenvalue weighted by Crippen LogP contribution is 2.48. The van der Waals surface area contributed by atoms with E-state index in [4.69, 9.17) is 8.83 Å². The maximum absolute atomic E-state index is 6.98. The fraction of sp³-hybridized carbons (Fsp3) is 0. The molecule has 12 aromatic rings. The van der Waals surface area contributed by atoms with Crippen molar-refractivity contribution >= 4 is 60.9 Å². The number of furan rings is 2. The number of rotatable bonds is 8. The van der Waals surface area contributed by atoms with Gasteiger partial charge in [-0.25, -0.2) is 0 Å². The molecule has 0 aliphatic heterocycles. The lowest BCUT2D eigenvalue weighted by Gasteiger charge is -2.26. The Morgan fingerprint density at radius 2 is 0.730 bits per heavy atom. The van der Waals surface area contributed by atoms with Crippen molar-refractivity contribution in [1.29, 1.82) is 0 Å². The molecule has 0 saturated carbocycles.